The zero-order chi connectivity index (χ0) is 19.5. The minimum absolute atomic E-state index is 0.0836. The van der Waals surface area contributed by atoms with Crippen LogP contribution in [0, 0.1) is 11.3 Å². The molecule has 2 aliphatic rings. The minimum Gasteiger partial charge on any atom is -0.490 e. The number of nitriles is 1. The Hall–Kier alpha value is -3.04. The molecule has 2 aromatic carbocycles. The normalized spacial score (nSPS) is 18.5. The number of nitrogens with zero attached hydrogens (tertiary/aromatic N) is 2. The summed E-state index contributed by atoms with van der Waals surface area (Å²) < 4.78 is 11.6. The van der Waals surface area contributed by atoms with Crippen molar-refractivity contribution in [3.8, 4) is 17.6 Å². The lowest BCUT2D eigenvalue weighted by molar-refractivity contribution is -0.117. The van der Waals surface area contributed by atoms with Crippen LogP contribution in [0.5, 0.6) is 11.5 Å². The molecule has 0 radical (unpaired) electrons. The number of ether oxygens (including phenoxy) is 2. The van der Waals surface area contributed by atoms with Gasteiger partial charge in [0.1, 0.15) is 0 Å². The number of hydrogen-bond acceptors (Lipinski definition) is 5. The number of carbonyl (C=O) groups is 1. The van der Waals surface area contributed by atoms with Crippen molar-refractivity contribution in [2.45, 2.75) is 25.8 Å². The first-order valence-corrected chi connectivity index (χ1v) is 9.60. The topological polar surface area (TPSA) is 74.6 Å². The van der Waals surface area contributed by atoms with Gasteiger partial charge in [0.05, 0.1) is 31.4 Å². The van der Waals surface area contributed by atoms with Gasteiger partial charge in [-0.15, -0.1) is 0 Å². The van der Waals surface area contributed by atoms with Gasteiger partial charge >= 0.3 is 0 Å². The number of amides is 1. The molecular formula is C22H23N3O3. The van der Waals surface area contributed by atoms with Crippen molar-refractivity contribution < 1.29 is 14.3 Å². The molecule has 6 heteroatoms. The first-order valence-electron chi connectivity index (χ1n) is 9.60. The highest BCUT2D eigenvalue weighted by atomic mass is 16.5. The molecule has 4 rings (SSSR count). The molecule has 0 fully saturated rings. The van der Waals surface area contributed by atoms with Crippen LogP contribution in [-0.2, 0) is 11.2 Å². The third-order valence-electron chi connectivity index (χ3n) is 5.30. The summed E-state index contributed by atoms with van der Waals surface area (Å²) in [5, 5.41) is 11.9. The Morgan fingerprint density at radius 1 is 1.25 bits per heavy atom. The van der Waals surface area contributed by atoms with Crippen molar-refractivity contribution >= 4 is 11.6 Å². The van der Waals surface area contributed by atoms with Crippen LogP contribution in [0.2, 0.25) is 0 Å². The molecule has 2 aromatic rings. The lowest BCUT2D eigenvalue weighted by Crippen LogP contribution is -2.39. The summed E-state index contributed by atoms with van der Waals surface area (Å²) in [4.78, 5) is 14.7. The molecule has 1 atom stereocenters. The molecule has 2 aliphatic heterocycles. The molecule has 1 amide bonds. The maximum Gasteiger partial charge on any atom is 0.238 e. The summed E-state index contributed by atoms with van der Waals surface area (Å²) in [6, 6.07) is 13.3. The van der Waals surface area contributed by atoms with E-state index in [4.69, 9.17) is 14.7 Å². The Kier molecular flexibility index (Phi) is 5.18. The molecule has 0 aliphatic carbocycles. The molecule has 6 nitrogen and oxygen atoms in total. The molecule has 144 valence electrons. The van der Waals surface area contributed by atoms with Gasteiger partial charge in [0.2, 0.25) is 5.91 Å². The van der Waals surface area contributed by atoms with Gasteiger partial charge in [0.25, 0.3) is 0 Å². The van der Waals surface area contributed by atoms with E-state index in [1.54, 1.807) is 24.3 Å². The molecule has 0 saturated heterocycles. The second kappa shape index (κ2) is 7.91. The van der Waals surface area contributed by atoms with Crippen LogP contribution in [0.25, 0.3) is 0 Å². The predicted molar refractivity (Wildman–Crippen MR) is 106 cm³/mol. The first kappa shape index (κ1) is 18.3. The van der Waals surface area contributed by atoms with E-state index in [1.807, 2.05) is 0 Å². The third-order valence-corrected chi connectivity index (χ3v) is 5.30. The highest BCUT2D eigenvalue weighted by Crippen LogP contribution is 2.39. The molecule has 28 heavy (non-hydrogen) atoms. The van der Waals surface area contributed by atoms with Crippen molar-refractivity contribution in [1.82, 2.24) is 4.90 Å². The predicted octanol–water partition coefficient (Wildman–Crippen LogP) is 3.28. The summed E-state index contributed by atoms with van der Waals surface area (Å²) in [5.74, 6) is 1.54. The monoisotopic (exact) mass is 377 g/mol. The van der Waals surface area contributed by atoms with Gasteiger partial charge in [0.15, 0.2) is 11.5 Å². The highest BCUT2D eigenvalue weighted by molar-refractivity contribution is 5.92. The Balaban J connectivity index is 1.46. The molecule has 0 saturated carbocycles. The Bertz CT molecular complexity index is 935. The number of anilines is 1. The molecular weight excluding hydrogens is 354 g/mol. The number of carbonyl (C=O) groups excluding carboxylic acids is 1. The Labute approximate surface area is 164 Å². The van der Waals surface area contributed by atoms with Crippen molar-refractivity contribution in [3.63, 3.8) is 0 Å². The Morgan fingerprint density at radius 3 is 2.82 bits per heavy atom. The minimum atomic E-state index is -0.0836. The Morgan fingerprint density at radius 2 is 2.04 bits per heavy atom. The van der Waals surface area contributed by atoms with Crippen LogP contribution in [0.1, 0.15) is 36.1 Å². The van der Waals surface area contributed by atoms with E-state index in [9.17, 15) is 4.79 Å². The standard InChI is InChI=1S/C22H23N3O3/c1-15-19-12-21-20(27-8-3-9-28-21)11-17(19)6-7-25(15)14-22(26)24-18-5-2-4-16(10-18)13-23/h2,4-5,10-12,15H,3,6-9,14H2,1H3,(H,24,26)/t15-/m1/s1. The number of nitrogens with one attached hydrogen (secondary N) is 1. The second-order valence-electron chi connectivity index (χ2n) is 7.19. The first-order chi connectivity index (χ1) is 13.6. The zero-order valence-electron chi connectivity index (χ0n) is 15.9. The molecule has 0 bridgehead atoms. The van der Waals surface area contributed by atoms with Gasteiger partial charge in [-0.05, 0) is 54.8 Å². The van der Waals surface area contributed by atoms with Crippen LogP contribution in [-0.4, -0.2) is 37.1 Å². The smallest absolute Gasteiger partial charge is 0.238 e. The van der Waals surface area contributed by atoms with Crippen molar-refractivity contribution in [1.29, 1.82) is 5.26 Å². The molecule has 1 N–H and O–H groups in total. The lowest BCUT2D eigenvalue weighted by Gasteiger charge is -2.35. The molecule has 0 spiro atoms. The largest absolute Gasteiger partial charge is 0.490 e. The van der Waals surface area contributed by atoms with Gasteiger partial charge in [-0.25, -0.2) is 0 Å². The maximum absolute atomic E-state index is 12.5. The fraction of sp³-hybridized carbons (Fsp3) is 0.364. The van der Waals surface area contributed by atoms with Crippen molar-refractivity contribution in [3.05, 3.63) is 53.1 Å². The summed E-state index contributed by atoms with van der Waals surface area (Å²) in [6.45, 7) is 4.56. The van der Waals surface area contributed by atoms with Gasteiger partial charge < -0.3 is 14.8 Å². The zero-order valence-corrected chi connectivity index (χ0v) is 15.9. The fourth-order valence-electron chi connectivity index (χ4n) is 3.79. The molecule has 0 unspecified atom stereocenters. The maximum atomic E-state index is 12.5. The quantitative estimate of drug-likeness (QED) is 0.889. The van der Waals surface area contributed by atoms with Gasteiger partial charge in [-0.1, -0.05) is 6.07 Å². The average Bonchev–Trinajstić information content (AvgIpc) is 2.94. The van der Waals surface area contributed by atoms with Crippen LogP contribution in [0.3, 0.4) is 0 Å². The summed E-state index contributed by atoms with van der Waals surface area (Å²) >= 11 is 0. The van der Waals surface area contributed by atoms with Gasteiger partial charge in [-0.3, -0.25) is 9.69 Å². The summed E-state index contributed by atoms with van der Waals surface area (Å²) in [6.07, 6.45) is 1.75. The van der Waals surface area contributed by atoms with Crippen LogP contribution in [0.15, 0.2) is 36.4 Å². The van der Waals surface area contributed by atoms with E-state index >= 15 is 0 Å². The van der Waals surface area contributed by atoms with Crippen LogP contribution >= 0.6 is 0 Å². The van der Waals surface area contributed by atoms with E-state index in [0.717, 1.165) is 30.9 Å². The van der Waals surface area contributed by atoms with Gasteiger partial charge in [0, 0.05) is 24.7 Å². The SMILES string of the molecule is C[C@@H]1c2cc3c(cc2CCN1CC(=O)Nc1cccc(C#N)c1)OCCCO3. The molecule has 0 aromatic heterocycles. The fourth-order valence-corrected chi connectivity index (χ4v) is 3.79. The number of hydrogen-bond donors (Lipinski definition) is 1. The van der Waals surface area contributed by atoms with Crippen molar-refractivity contribution in [2.75, 3.05) is 31.6 Å². The van der Waals surface area contributed by atoms with Crippen molar-refractivity contribution in [2.24, 2.45) is 0 Å². The average molecular weight is 377 g/mol. The number of benzene rings is 2. The second-order valence-corrected chi connectivity index (χ2v) is 7.19. The summed E-state index contributed by atoms with van der Waals surface area (Å²) in [7, 11) is 0. The van der Waals surface area contributed by atoms with E-state index in [2.05, 4.69) is 35.3 Å². The van der Waals surface area contributed by atoms with Gasteiger partial charge in [-0.2, -0.15) is 5.26 Å². The highest BCUT2D eigenvalue weighted by Gasteiger charge is 2.27. The van der Waals surface area contributed by atoms with E-state index in [-0.39, 0.29) is 11.9 Å². The van der Waals surface area contributed by atoms with Crippen LogP contribution < -0.4 is 14.8 Å². The van der Waals surface area contributed by atoms with E-state index in [1.165, 1.54) is 11.1 Å². The van der Waals surface area contributed by atoms with E-state index < -0.39 is 0 Å². The van der Waals surface area contributed by atoms with E-state index in [0.29, 0.717) is 31.0 Å². The third kappa shape index (κ3) is 3.80. The lowest BCUT2D eigenvalue weighted by atomic mass is 9.93. The summed E-state index contributed by atoms with van der Waals surface area (Å²) in [5.41, 5.74) is 3.62. The van der Waals surface area contributed by atoms with Crippen LogP contribution in [0.4, 0.5) is 5.69 Å². The number of rotatable bonds is 3. The number of fused-ring (bicyclic) bond motifs is 2. The molecule has 2 heterocycles.